The summed E-state index contributed by atoms with van der Waals surface area (Å²) in [6.07, 6.45) is 39.4. The highest BCUT2D eigenvalue weighted by Crippen LogP contribution is 2.25. The highest BCUT2D eigenvalue weighted by atomic mass is 31.2. The second kappa shape index (κ2) is 57.0. The Kier molecular flexibility index (Phi) is 65.5. The number of rotatable bonds is 37. The van der Waals surface area contributed by atoms with Gasteiger partial charge in [0.2, 0.25) is 0 Å². The Morgan fingerprint density at radius 3 is 0.750 bits per heavy atom. The molecule has 0 aliphatic heterocycles. The Balaban J connectivity index is -0.000000220. The Bertz CT molecular complexity index is 661. The van der Waals surface area contributed by atoms with Crippen LogP contribution in [0.2, 0.25) is 0 Å². The molecular formula is C51H117N4O4P. The molecule has 0 bridgehead atoms. The summed E-state index contributed by atoms with van der Waals surface area (Å²) in [5.74, 6) is 2.63. The fourth-order valence-electron chi connectivity index (χ4n) is 6.43. The average molecular weight is 881 g/mol. The topological polar surface area (TPSA) is 140 Å². The monoisotopic (exact) mass is 881 g/mol. The number of nitrogens with two attached hydrogens (primary N) is 1. The first kappa shape index (κ1) is 69.0. The first-order chi connectivity index (χ1) is 28.3. The molecule has 0 radical (unpaired) electrons. The average Bonchev–Trinajstić information content (AvgIpc) is 3.14. The van der Waals surface area contributed by atoms with Crippen LogP contribution >= 0.6 is 7.82 Å². The number of phosphoric acid groups is 1. The van der Waals surface area contributed by atoms with Crippen molar-refractivity contribution in [2.24, 2.45) is 23.5 Å². The molecular weight excluding hydrogens is 764 g/mol. The van der Waals surface area contributed by atoms with Crippen molar-refractivity contribution in [3.05, 3.63) is 0 Å². The van der Waals surface area contributed by atoms with Crippen LogP contribution in [0, 0.1) is 17.8 Å². The van der Waals surface area contributed by atoms with Gasteiger partial charge in [-0.15, -0.1) is 0 Å². The van der Waals surface area contributed by atoms with Gasteiger partial charge in [0.25, 0.3) is 0 Å². The number of hydrogen-bond acceptors (Lipinski definition) is 5. The molecule has 370 valence electrons. The lowest BCUT2D eigenvalue weighted by molar-refractivity contribution is 0.275. The fraction of sp³-hybridized carbons (Fsp3) is 1.00. The number of unbranched alkanes of at least 4 members (excludes halogenated alkanes) is 21. The van der Waals surface area contributed by atoms with Crippen molar-refractivity contribution in [1.82, 2.24) is 16.0 Å². The minimum Gasteiger partial charge on any atom is -0.330 e. The van der Waals surface area contributed by atoms with Gasteiger partial charge in [0.15, 0.2) is 0 Å². The third-order valence-corrected chi connectivity index (χ3v) is 10.1. The predicted octanol–water partition coefficient (Wildman–Crippen LogP) is 14.9. The number of nitrogens with one attached hydrogen (secondary N) is 3. The summed E-state index contributed by atoms with van der Waals surface area (Å²) in [4.78, 5) is 21.6. The molecule has 8 N–H and O–H groups in total. The fourth-order valence-corrected chi connectivity index (χ4v) is 6.43. The van der Waals surface area contributed by atoms with Gasteiger partial charge in [-0.1, -0.05) is 244 Å². The summed E-state index contributed by atoms with van der Waals surface area (Å²) < 4.78 is 8.88. The van der Waals surface area contributed by atoms with Crippen molar-refractivity contribution in [1.29, 1.82) is 0 Å². The summed E-state index contributed by atoms with van der Waals surface area (Å²) in [7, 11) is -4.64. The molecule has 0 aliphatic carbocycles. The van der Waals surface area contributed by atoms with Crippen LogP contribution in [-0.2, 0) is 4.57 Å². The molecule has 0 saturated carbocycles. The van der Waals surface area contributed by atoms with Gasteiger partial charge in [0.05, 0.1) is 0 Å². The van der Waals surface area contributed by atoms with Crippen molar-refractivity contribution in [3.8, 4) is 0 Å². The summed E-state index contributed by atoms with van der Waals surface area (Å²) in [6.45, 7) is 33.7. The Labute approximate surface area is 379 Å². The van der Waals surface area contributed by atoms with E-state index in [1.807, 2.05) is 0 Å². The quantitative estimate of drug-likeness (QED) is 0.0242. The van der Waals surface area contributed by atoms with E-state index in [0.29, 0.717) is 18.1 Å². The zero-order valence-corrected chi connectivity index (χ0v) is 44.3. The Morgan fingerprint density at radius 2 is 0.567 bits per heavy atom. The second-order valence-electron chi connectivity index (χ2n) is 19.7. The molecule has 8 nitrogen and oxygen atoms in total. The van der Waals surface area contributed by atoms with Gasteiger partial charge in [-0.25, -0.2) is 4.57 Å². The minimum absolute atomic E-state index is 0.648. The van der Waals surface area contributed by atoms with Crippen molar-refractivity contribution in [2.45, 2.75) is 288 Å². The van der Waals surface area contributed by atoms with Gasteiger partial charge in [-0.05, 0) is 69.6 Å². The van der Waals surface area contributed by atoms with E-state index in [1.165, 1.54) is 199 Å². The maximum Gasteiger partial charge on any atom is 0.466 e. The van der Waals surface area contributed by atoms with Gasteiger partial charge in [0.1, 0.15) is 0 Å². The van der Waals surface area contributed by atoms with E-state index in [0.717, 1.165) is 24.3 Å². The van der Waals surface area contributed by atoms with Gasteiger partial charge in [0, 0.05) is 18.1 Å². The first-order valence-electron chi connectivity index (χ1n) is 26.0. The SMILES string of the molecule is CC(C)CCCCCNC(C)C.CC(C)CCCCCNC(C)C.CC(C)CCCCCNC(C)C.CCCCCCCCCCCCCCCCCCN.O=P(O)(O)O. The summed E-state index contributed by atoms with van der Waals surface area (Å²) in [5, 5.41) is 10.3. The van der Waals surface area contributed by atoms with Crippen molar-refractivity contribution in [3.63, 3.8) is 0 Å². The lowest BCUT2D eigenvalue weighted by Crippen LogP contribution is -2.23. The zero-order chi connectivity index (χ0) is 46.7. The molecule has 0 aliphatic rings. The van der Waals surface area contributed by atoms with Gasteiger partial charge >= 0.3 is 7.82 Å². The van der Waals surface area contributed by atoms with Crippen LogP contribution < -0.4 is 21.7 Å². The highest BCUT2D eigenvalue weighted by molar-refractivity contribution is 7.45. The molecule has 60 heavy (non-hydrogen) atoms. The molecule has 0 aromatic carbocycles. The van der Waals surface area contributed by atoms with Gasteiger partial charge < -0.3 is 36.4 Å². The zero-order valence-electron chi connectivity index (χ0n) is 43.4. The molecule has 9 heteroatoms. The van der Waals surface area contributed by atoms with E-state index in [9.17, 15) is 0 Å². The lowest BCUT2D eigenvalue weighted by atomic mass is 10.0. The third-order valence-electron chi connectivity index (χ3n) is 10.1. The molecule has 0 atom stereocenters. The molecule has 0 saturated heterocycles. The Hall–Kier alpha value is -0.0500. The van der Waals surface area contributed by atoms with Crippen LogP contribution in [0.1, 0.15) is 270 Å². The van der Waals surface area contributed by atoms with Gasteiger partial charge in [-0.2, -0.15) is 0 Å². The van der Waals surface area contributed by atoms with Crippen LogP contribution in [0.3, 0.4) is 0 Å². The summed E-state index contributed by atoms with van der Waals surface area (Å²) in [6, 6.07) is 1.94. The normalized spacial score (nSPS) is 11.4. The second-order valence-corrected chi connectivity index (χ2v) is 20.7. The van der Waals surface area contributed by atoms with E-state index in [-0.39, 0.29) is 0 Å². The van der Waals surface area contributed by atoms with Crippen LogP contribution in [-0.4, -0.2) is 59.0 Å². The van der Waals surface area contributed by atoms with E-state index in [1.54, 1.807) is 0 Å². The van der Waals surface area contributed by atoms with E-state index in [2.05, 4.69) is 106 Å². The smallest absolute Gasteiger partial charge is 0.330 e. The van der Waals surface area contributed by atoms with Crippen LogP contribution in [0.4, 0.5) is 0 Å². The van der Waals surface area contributed by atoms with Crippen LogP contribution in [0.15, 0.2) is 0 Å². The molecule has 0 aromatic rings. The molecule has 0 rings (SSSR count). The maximum atomic E-state index is 8.88. The molecule has 0 unspecified atom stereocenters. The third kappa shape index (κ3) is 102. The van der Waals surface area contributed by atoms with E-state index >= 15 is 0 Å². The van der Waals surface area contributed by atoms with Crippen molar-refractivity contribution >= 4 is 7.82 Å². The molecule has 0 heterocycles. The van der Waals surface area contributed by atoms with Crippen LogP contribution in [0.25, 0.3) is 0 Å². The largest absolute Gasteiger partial charge is 0.466 e. The first-order valence-corrected chi connectivity index (χ1v) is 27.5. The standard InChI is InChI=1S/C18H39N.3C11H25N.H3O4P/c1-2-3-4-5-6-7-8-9-10-11-12-13-14-15-16-17-18-19;3*1-10(2)8-6-5-7-9-12-11(3)4;1-5(2,3)4/h2-19H2,1H3;3*10-12H,5-9H2,1-4H3;(H3,1,2,3,4). The van der Waals surface area contributed by atoms with Gasteiger partial charge in [-0.3, -0.25) is 0 Å². The number of hydrogen-bond donors (Lipinski definition) is 7. The predicted molar refractivity (Wildman–Crippen MR) is 272 cm³/mol. The van der Waals surface area contributed by atoms with Crippen molar-refractivity contribution in [2.75, 3.05) is 26.2 Å². The summed E-state index contributed by atoms with van der Waals surface area (Å²) in [5.41, 5.74) is 5.48. The highest BCUT2D eigenvalue weighted by Gasteiger charge is 2.01. The molecule has 0 amide bonds. The molecule has 0 fully saturated rings. The van der Waals surface area contributed by atoms with E-state index in [4.69, 9.17) is 25.0 Å². The van der Waals surface area contributed by atoms with E-state index < -0.39 is 7.82 Å². The molecule has 0 spiro atoms. The lowest BCUT2D eigenvalue weighted by Gasteiger charge is -2.08. The minimum atomic E-state index is -4.64. The van der Waals surface area contributed by atoms with Crippen molar-refractivity contribution < 1.29 is 19.2 Å². The van der Waals surface area contributed by atoms with Crippen LogP contribution in [0.5, 0.6) is 0 Å². The maximum absolute atomic E-state index is 8.88. The molecule has 0 aromatic heterocycles. The Morgan fingerprint density at radius 1 is 0.367 bits per heavy atom. The summed E-state index contributed by atoms with van der Waals surface area (Å²) >= 11 is 0.